The van der Waals surface area contributed by atoms with Crippen molar-refractivity contribution in [2.24, 2.45) is 0 Å². The number of ether oxygens (including phenoxy) is 3. The van der Waals surface area contributed by atoms with Crippen LogP contribution in [0.1, 0.15) is 23.2 Å². The molecular formula is C20H23N3O5. The Kier molecular flexibility index (Phi) is 6.31. The molecule has 8 nitrogen and oxygen atoms in total. The highest BCUT2D eigenvalue weighted by molar-refractivity contribution is 6.04. The van der Waals surface area contributed by atoms with Crippen molar-refractivity contribution in [3.63, 3.8) is 0 Å². The van der Waals surface area contributed by atoms with Crippen molar-refractivity contribution < 1.29 is 23.8 Å². The lowest BCUT2D eigenvalue weighted by molar-refractivity contribution is -0.142. The maximum atomic E-state index is 12.5. The summed E-state index contributed by atoms with van der Waals surface area (Å²) < 4.78 is 15.1. The Bertz CT molecular complexity index is 832. The van der Waals surface area contributed by atoms with Gasteiger partial charge < -0.3 is 24.4 Å². The summed E-state index contributed by atoms with van der Waals surface area (Å²) in [4.78, 5) is 30.3. The molecule has 0 spiro atoms. The van der Waals surface area contributed by atoms with E-state index in [1.807, 2.05) is 6.07 Å². The van der Waals surface area contributed by atoms with Gasteiger partial charge in [0.1, 0.15) is 5.82 Å². The minimum absolute atomic E-state index is 0.244. The highest BCUT2D eigenvalue weighted by atomic mass is 16.6. The first-order chi connectivity index (χ1) is 13.6. The molecule has 8 heteroatoms. The van der Waals surface area contributed by atoms with E-state index in [0.717, 1.165) is 18.8 Å². The van der Waals surface area contributed by atoms with Gasteiger partial charge in [0.25, 0.3) is 5.91 Å². The number of anilines is 2. The first-order valence-electron chi connectivity index (χ1n) is 9.00. The summed E-state index contributed by atoms with van der Waals surface area (Å²) in [5.41, 5.74) is 1.44. The molecule has 0 saturated carbocycles. The summed E-state index contributed by atoms with van der Waals surface area (Å²) in [6, 6.07) is 8.44. The van der Waals surface area contributed by atoms with Crippen molar-refractivity contribution in [3.05, 3.63) is 42.1 Å². The fourth-order valence-electron chi connectivity index (χ4n) is 2.93. The molecule has 2 aromatic rings. The fraction of sp³-hybridized carbons (Fsp3) is 0.350. The van der Waals surface area contributed by atoms with E-state index in [0.29, 0.717) is 22.9 Å². The number of pyridine rings is 1. The predicted molar refractivity (Wildman–Crippen MR) is 104 cm³/mol. The van der Waals surface area contributed by atoms with Gasteiger partial charge >= 0.3 is 5.97 Å². The van der Waals surface area contributed by atoms with Gasteiger partial charge in [-0.05, 0) is 43.2 Å². The van der Waals surface area contributed by atoms with Crippen LogP contribution >= 0.6 is 0 Å². The first kappa shape index (κ1) is 19.5. The molecular weight excluding hydrogens is 362 g/mol. The third kappa shape index (κ3) is 4.70. The van der Waals surface area contributed by atoms with Crippen LogP contribution in [-0.4, -0.2) is 50.8 Å². The number of benzene rings is 1. The summed E-state index contributed by atoms with van der Waals surface area (Å²) in [5.74, 6) is 0.330. The van der Waals surface area contributed by atoms with Crippen molar-refractivity contribution in [1.29, 1.82) is 0 Å². The van der Waals surface area contributed by atoms with E-state index in [-0.39, 0.29) is 12.5 Å². The molecule has 3 rings (SSSR count). The molecule has 0 aliphatic carbocycles. The number of rotatable bonds is 7. The molecule has 1 N–H and O–H groups in total. The molecule has 1 amide bonds. The lowest BCUT2D eigenvalue weighted by Gasteiger charge is -2.17. The van der Waals surface area contributed by atoms with E-state index in [4.69, 9.17) is 9.47 Å². The molecule has 2 heterocycles. The van der Waals surface area contributed by atoms with Crippen molar-refractivity contribution in [1.82, 2.24) is 4.98 Å². The Morgan fingerprint density at radius 1 is 1.11 bits per heavy atom. The van der Waals surface area contributed by atoms with Crippen LogP contribution in [0.2, 0.25) is 0 Å². The van der Waals surface area contributed by atoms with Crippen LogP contribution in [0.3, 0.4) is 0 Å². The number of carbonyl (C=O) groups excluding carboxylic acids is 2. The standard InChI is InChI=1S/C20H23N3O5/c1-26-17-11-14(5-7-16(17)28-13-19(24)27-2)20(25)22-18-8-6-15(12-21-18)23-9-3-4-10-23/h5-8,11-12H,3-4,9-10,13H2,1-2H3,(H,21,22,25). The quantitative estimate of drug-likeness (QED) is 0.732. The Balaban J connectivity index is 1.65. The average Bonchev–Trinajstić information content (AvgIpc) is 3.27. The van der Waals surface area contributed by atoms with E-state index in [2.05, 4.69) is 19.9 Å². The van der Waals surface area contributed by atoms with Gasteiger partial charge in [-0.3, -0.25) is 4.79 Å². The highest BCUT2D eigenvalue weighted by Crippen LogP contribution is 2.28. The van der Waals surface area contributed by atoms with Gasteiger partial charge in [0.05, 0.1) is 26.1 Å². The number of aromatic nitrogens is 1. The van der Waals surface area contributed by atoms with Gasteiger partial charge in [-0.25, -0.2) is 9.78 Å². The summed E-state index contributed by atoms with van der Waals surface area (Å²) in [7, 11) is 2.74. The maximum Gasteiger partial charge on any atom is 0.343 e. The Labute approximate surface area is 163 Å². The monoisotopic (exact) mass is 385 g/mol. The molecule has 0 bridgehead atoms. The minimum Gasteiger partial charge on any atom is -0.493 e. The minimum atomic E-state index is -0.507. The van der Waals surface area contributed by atoms with Gasteiger partial charge in [0.2, 0.25) is 0 Å². The van der Waals surface area contributed by atoms with Gasteiger partial charge in [-0.1, -0.05) is 0 Å². The van der Waals surface area contributed by atoms with Crippen LogP contribution in [0.25, 0.3) is 0 Å². The summed E-state index contributed by atoms with van der Waals surface area (Å²) >= 11 is 0. The third-order valence-corrected chi connectivity index (χ3v) is 4.46. The number of hydrogen-bond donors (Lipinski definition) is 1. The summed E-state index contributed by atoms with van der Waals surface area (Å²) in [6.45, 7) is 1.83. The van der Waals surface area contributed by atoms with Crippen molar-refractivity contribution >= 4 is 23.4 Å². The number of carbonyl (C=O) groups is 2. The SMILES string of the molecule is COC(=O)COc1ccc(C(=O)Nc2ccc(N3CCCC3)cn2)cc1OC. The van der Waals surface area contributed by atoms with Gasteiger partial charge in [0, 0.05) is 18.7 Å². The van der Waals surface area contributed by atoms with Gasteiger partial charge in [-0.2, -0.15) is 0 Å². The van der Waals surface area contributed by atoms with E-state index in [9.17, 15) is 9.59 Å². The van der Waals surface area contributed by atoms with Crippen LogP contribution in [-0.2, 0) is 9.53 Å². The van der Waals surface area contributed by atoms with E-state index in [1.165, 1.54) is 27.1 Å². The Hall–Kier alpha value is -3.29. The second-order valence-electron chi connectivity index (χ2n) is 6.28. The zero-order valence-electron chi connectivity index (χ0n) is 15.9. The molecule has 1 saturated heterocycles. The molecule has 1 aliphatic rings. The number of amides is 1. The number of nitrogens with one attached hydrogen (secondary N) is 1. The summed E-state index contributed by atoms with van der Waals surface area (Å²) in [6.07, 6.45) is 4.16. The normalized spacial score (nSPS) is 13.1. The summed E-state index contributed by atoms with van der Waals surface area (Å²) in [5, 5.41) is 2.77. The van der Waals surface area contributed by atoms with Gasteiger partial charge in [-0.15, -0.1) is 0 Å². The Morgan fingerprint density at radius 3 is 2.54 bits per heavy atom. The molecule has 0 atom stereocenters. The highest BCUT2D eigenvalue weighted by Gasteiger charge is 2.15. The topological polar surface area (TPSA) is 90.0 Å². The van der Waals surface area contributed by atoms with E-state index < -0.39 is 5.97 Å². The second-order valence-corrected chi connectivity index (χ2v) is 6.28. The van der Waals surface area contributed by atoms with Gasteiger partial charge in [0.15, 0.2) is 18.1 Å². The van der Waals surface area contributed by atoms with Crippen LogP contribution in [0.5, 0.6) is 11.5 Å². The molecule has 1 fully saturated rings. The van der Waals surface area contributed by atoms with Crippen LogP contribution in [0.4, 0.5) is 11.5 Å². The molecule has 1 aromatic heterocycles. The van der Waals surface area contributed by atoms with Crippen molar-refractivity contribution in [2.45, 2.75) is 12.8 Å². The molecule has 0 unspecified atom stereocenters. The smallest absolute Gasteiger partial charge is 0.343 e. The third-order valence-electron chi connectivity index (χ3n) is 4.46. The fourth-order valence-corrected chi connectivity index (χ4v) is 2.93. The molecule has 1 aliphatic heterocycles. The van der Waals surface area contributed by atoms with E-state index in [1.54, 1.807) is 30.5 Å². The number of methoxy groups -OCH3 is 2. The van der Waals surface area contributed by atoms with Crippen molar-refractivity contribution in [2.75, 3.05) is 44.1 Å². The lowest BCUT2D eigenvalue weighted by Crippen LogP contribution is -2.18. The van der Waals surface area contributed by atoms with Crippen LogP contribution in [0.15, 0.2) is 36.5 Å². The zero-order chi connectivity index (χ0) is 19.9. The zero-order valence-corrected chi connectivity index (χ0v) is 15.9. The number of esters is 1. The largest absolute Gasteiger partial charge is 0.493 e. The average molecular weight is 385 g/mol. The molecule has 148 valence electrons. The predicted octanol–water partition coefficient (Wildman–Crippen LogP) is 2.49. The van der Waals surface area contributed by atoms with E-state index >= 15 is 0 Å². The second kappa shape index (κ2) is 9.07. The van der Waals surface area contributed by atoms with Crippen LogP contribution in [0, 0.1) is 0 Å². The van der Waals surface area contributed by atoms with Crippen LogP contribution < -0.4 is 19.7 Å². The van der Waals surface area contributed by atoms with Crippen molar-refractivity contribution in [3.8, 4) is 11.5 Å². The maximum absolute atomic E-state index is 12.5. The molecule has 0 radical (unpaired) electrons. The number of nitrogens with zero attached hydrogens (tertiary/aromatic N) is 2. The molecule has 28 heavy (non-hydrogen) atoms. The Morgan fingerprint density at radius 2 is 1.89 bits per heavy atom. The molecule has 1 aromatic carbocycles. The first-order valence-corrected chi connectivity index (χ1v) is 9.00. The lowest BCUT2D eigenvalue weighted by atomic mass is 10.2. The number of hydrogen-bond acceptors (Lipinski definition) is 7.